The molecule has 0 aromatic heterocycles. The first kappa shape index (κ1) is 54.0. The first-order valence-electron chi connectivity index (χ1n) is 23.3. The van der Waals surface area contributed by atoms with Crippen molar-refractivity contribution in [2.45, 2.75) is 232 Å². The summed E-state index contributed by atoms with van der Waals surface area (Å²) in [6.07, 6.45) is 49.1. The number of hydrogen-bond donors (Lipinski definition) is 2. The number of rotatable bonds is 45. The van der Waals surface area contributed by atoms with E-state index in [2.05, 4.69) is 38.2 Å². The molecule has 55 heavy (non-hydrogen) atoms. The Morgan fingerprint density at radius 3 is 1.44 bits per heavy atom. The normalized spacial score (nSPS) is 13.6. The van der Waals surface area contributed by atoms with Crippen LogP contribution in [0.25, 0.3) is 0 Å². The van der Waals surface area contributed by atoms with Crippen LogP contribution in [0.4, 0.5) is 0 Å². The zero-order chi connectivity index (χ0) is 40.2. The van der Waals surface area contributed by atoms with Crippen LogP contribution in [-0.2, 0) is 27.9 Å². The van der Waals surface area contributed by atoms with Gasteiger partial charge in [0.25, 0.3) is 0 Å². The maximum atomic E-state index is 12.6. The van der Waals surface area contributed by atoms with Crippen molar-refractivity contribution in [2.75, 3.05) is 33.0 Å². The van der Waals surface area contributed by atoms with Gasteiger partial charge in [-0.1, -0.05) is 199 Å². The molecule has 8 nitrogen and oxygen atoms in total. The molecular formula is C46H90NO7P. The van der Waals surface area contributed by atoms with Gasteiger partial charge < -0.3 is 20.1 Å². The molecule has 0 aromatic rings. The fourth-order valence-electron chi connectivity index (χ4n) is 6.68. The molecular weight excluding hydrogens is 709 g/mol. The third kappa shape index (κ3) is 43.9. The SMILES string of the molecule is CCCCCC/C=C\C/C=C\CCCCCCCCCCOCC(COP(=O)(O)OCCN)OC(=O)CCCCCCCCCCCCCCCCCCC. The van der Waals surface area contributed by atoms with E-state index in [1.165, 1.54) is 167 Å². The van der Waals surface area contributed by atoms with E-state index in [0.29, 0.717) is 13.0 Å². The predicted molar refractivity (Wildman–Crippen MR) is 233 cm³/mol. The van der Waals surface area contributed by atoms with Crippen molar-refractivity contribution in [1.82, 2.24) is 0 Å². The van der Waals surface area contributed by atoms with E-state index in [-0.39, 0.29) is 32.3 Å². The highest BCUT2D eigenvalue weighted by molar-refractivity contribution is 7.47. The lowest BCUT2D eigenvalue weighted by Crippen LogP contribution is -2.28. The quantitative estimate of drug-likeness (QED) is 0.0271. The Morgan fingerprint density at radius 1 is 0.545 bits per heavy atom. The molecule has 326 valence electrons. The Morgan fingerprint density at radius 2 is 0.964 bits per heavy atom. The number of nitrogens with two attached hydrogens (primary N) is 1. The number of esters is 1. The molecule has 0 aliphatic heterocycles. The van der Waals surface area contributed by atoms with E-state index < -0.39 is 13.9 Å². The number of hydrogen-bond acceptors (Lipinski definition) is 7. The maximum absolute atomic E-state index is 12.6. The van der Waals surface area contributed by atoms with Gasteiger partial charge in [0, 0.05) is 19.6 Å². The van der Waals surface area contributed by atoms with Crippen LogP contribution in [-0.4, -0.2) is 49.9 Å². The minimum Gasteiger partial charge on any atom is -0.457 e. The van der Waals surface area contributed by atoms with E-state index >= 15 is 0 Å². The lowest BCUT2D eigenvalue weighted by Gasteiger charge is -2.20. The van der Waals surface area contributed by atoms with E-state index in [4.69, 9.17) is 24.3 Å². The van der Waals surface area contributed by atoms with Gasteiger partial charge in [0.05, 0.1) is 19.8 Å². The van der Waals surface area contributed by atoms with E-state index in [0.717, 1.165) is 38.5 Å². The van der Waals surface area contributed by atoms with Crippen molar-refractivity contribution < 1.29 is 32.8 Å². The number of allylic oxidation sites excluding steroid dienone is 4. The smallest absolute Gasteiger partial charge is 0.457 e. The third-order valence-electron chi connectivity index (χ3n) is 10.1. The molecule has 0 fully saturated rings. The van der Waals surface area contributed by atoms with Crippen LogP contribution in [0.3, 0.4) is 0 Å². The lowest BCUT2D eigenvalue weighted by atomic mass is 10.0. The Hall–Kier alpha value is -1.02. The number of phosphoric acid groups is 1. The molecule has 0 rings (SSSR count). The van der Waals surface area contributed by atoms with Crippen LogP contribution in [0.15, 0.2) is 24.3 Å². The summed E-state index contributed by atoms with van der Waals surface area (Å²) in [5, 5.41) is 0. The number of unbranched alkanes of at least 4 members (excludes halogenated alkanes) is 28. The average molecular weight is 800 g/mol. The average Bonchev–Trinajstić information content (AvgIpc) is 3.17. The summed E-state index contributed by atoms with van der Waals surface area (Å²) in [5.74, 6) is -0.328. The number of phosphoric ester groups is 1. The van der Waals surface area contributed by atoms with Gasteiger partial charge in [-0.3, -0.25) is 13.8 Å². The van der Waals surface area contributed by atoms with Crippen LogP contribution in [0.2, 0.25) is 0 Å². The minimum absolute atomic E-state index is 0.0945. The highest BCUT2D eigenvalue weighted by Crippen LogP contribution is 2.43. The van der Waals surface area contributed by atoms with Gasteiger partial charge in [-0.05, 0) is 44.9 Å². The molecule has 0 amide bonds. The molecule has 0 bridgehead atoms. The predicted octanol–water partition coefficient (Wildman–Crippen LogP) is 14.0. The fourth-order valence-corrected chi connectivity index (χ4v) is 7.44. The van der Waals surface area contributed by atoms with Gasteiger partial charge in [-0.25, -0.2) is 4.57 Å². The summed E-state index contributed by atoms with van der Waals surface area (Å²) in [4.78, 5) is 22.5. The number of carbonyl (C=O) groups excluding carboxylic acids is 1. The Labute approximate surface area is 340 Å². The van der Waals surface area contributed by atoms with Crippen molar-refractivity contribution in [3.63, 3.8) is 0 Å². The van der Waals surface area contributed by atoms with Crippen molar-refractivity contribution in [2.24, 2.45) is 5.73 Å². The van der Waals surface area contributed by atoms with E-state index in [1.807, 2.05) is 0 Å². The monoisotopic (exact) mass is 800 g/mol. The molecule has 9 heteroatoms. The van der Waals surface area contributed by atoms with Crippen LogP contribution in [0.5, 0.6) is 0 Å². The molecule has 0 spiro atoms. The highest BCUT2D eigenvalue weighted by Gasteiger charge is 2.25. The fraction of sp³-hybridized carbons (Fsp3) is 0.891. The molecule has 0 aliphatic rings. The van der Waals surface area contributed by atoms with Crippen LogP contribution >= 0.6 is 7.82 Å². The largest absolute Gasteiger partial charge is 0.472 e. The Bertz CT molecular complexity index is 900. The van der Waals surface area contributed by atoms with Crippen molar-refractivity contribution in [3.05, 3.63) is 24.3 Å². The second-order valence-corrected chi connectivity index (χ2v) is 17.1. The first-order valence-corrected chi connectivity index (χ1v) is 24.8. The molecule has 0 radical (unpaired) electrons. The van der Waals surface area contributed by atoms with Gasteiger partial charge in [-0.2, -0.15) is 0 Å². The molecule has 0 saturated heterocycles. The molecule has 0 aliphatic carbocycles. The zero-order valence-corrected chi connectivity index (χ0v) is 37.1. The van der Waals surface area contributed by atoms with Crippen molar-refractivity contribution in [1.29, 1.82) is 0 Å². The summed E-state index contributed by atoms with van der Waals surface area (Å²) < 4.78 is 33.5. The Balaban J connectivity index is 3.98. The molecule has 2 unspecified atom stereocenters. The topological polar surface area (TPSA) is 117 Å². The molecule has 3 N–H and O–H groups in total. The summed E-state index contributed by atoms with van der Waals surface area (Å²) in [6.45, 7) is 4.93. The third-order valence-corrected chi connectivity index (χ3v) is 11.1. The Kier molecular flexibility index (Phi) is 43.3. The van der Waals surface area contributed by atoms with Gasteiger partial charge in [-0.15, -0.1) is 0 Å². The van der Waals surface area contributed by atoms with Crippen molar-refractivity contribution in [3.8, 4) is 0 Å². The van der Waals surface area contributed by atoms with Gasteiger partial charge in [0.2, 0.25) is 0 Å². The summed E-state index contributed by atoms with van der Waals surface area (Å²) in [5.41, 5.74) is 5.38. The summed E-state index contributed by atoms with van der Waals surface area (Å²) in [6, 6.07) is 0. The summed E-state index contributed by atoms with van der Waals surface area (Å²) in [7, 11) is -4.28. The minimum atomic E-state index is -4.28. The van der Waals surface area contributed by atoms with Crippen molar-refractivity contribution >= 4 is 13.8 Å². The van der Waals surface area contributed by atoms with E-state index in [9.17, 15) is 14.3 Å². The summed E-state index contributed by atoms with van der Waals surface area (Å²) >= 11 is 0. The van der Waals surface area contributed by atoms with Crippen LogP contribution in [0.1, 0.15) is 226 Å². The second kappa shape index (κ2) is 44.1. The molecule has 0 heterocycles. The maximum Gasteiger partial charge on any atom is 0.472 e. The molecule has 0 aromatic carbocycles. The number of ether oxygens (including phenoxy) is 2. The number of carbonyl (C=O) groups is 1. The zero-order valence-electron chi connectivity index (χ0n) is 36.2. The van der Waals surface area contributed by atoms with Crippen LogP contribution in [0, 0.1) is 0 Å². The lowest BCUT2D eigenvalue weighted by molar-refractivity contribution is -0.154. The van der Waals surface area contributed by atoms with Crippen LogP contribution < -0.4 is 5.73 Å². The molecule has 2 atom stereocenters. The highest BCUT2D eigenvalue weighted by atomic mass is 31.2. The second-order valence-electron chi connectivity index (χ2n) is 15.6. The molecule has 0 saturated carbocycles. The van der Waals surface area contributed by atoms with E-state index in [1.54, 1.807) is 0 Å². The first-order chi connectivity index (χ1) is 26.9. The standard InChI is InChI=1S/C46H90NO7P/c1-3-5-7-9-11-13-15-17-19-21-22-24-26-28-30-32-34-36-38-41-51-43-45(44-53-55(49,50)52-42-40-47)54-46(48)39-37-35-33-31-29-27-25-23-20-18-16-14-12-10-8-6-4-2/h13,15,19,21,45H,3-12,14,16-18,20,22-44,47H2,1-2H3,(H,49,50)/b15-13-,21-19-. The van der Waals surface area contributed by atoms with Gasteiger partial charge in [0.1, 0.15) is 6.10 Å². The van der Waals surface area contributed by atoms with Gasteiger partial charge in [0.15, 0.2) is 0 Å². The van der Waals surface area contributed by atoms with Gasteiger partial charge >= 0.3 is 13.8 Å².